The van der Waals surface area contributed by atoms with Gasteiger partial charge in [-0.1, -0.05) is 13.0 Å². The number of nitrogens with zero attached hydrogens (tertiary/aromatic N) is 1. The molecule has 0 saturated heterocycles. The molecule has 2 rings (SSSR count). The molecule has 0 aliphatic carbocycles. The maximum atomic E-state index is 13.1. The quantitative estimate of drug-likeness (QED) is 0.887. The van der Waals surface area contributed by atoms with Gasteiger partial charge in [-0.25, -0.2) is 4.39 Å². The third kappa shape index (κ3) is 4.67. The zero-order valence-corrected chi connectivity index (χ0v) is 13.1. The predicted molar refractivity (Wildman–Crippen MR) is 85.1 cm³/mol. The number of hydrogen-bond acceptors (Lipinski definition) is 3. The number of aromatic nitrogens is 1. The summed E-state index contributed by atoms with van der Waals surface area (Å²) in [5.74, 6) is -0.235. The molecule has 1 atom stereocenters. The normalized spacial score (nSPS) is 11.8. The third-order valence-electron chi connectivity index (χ3n) is 3.39. The van der Waals surface area contributed by atoms with Crippen molar-refractivity contribution in [1.82, 2.24) is 9.88 Å². The molecular formula is C17H19FN2O3. The molecule has 0 spiro atoms. The lowest BCUT2D eigenvalue weighted by Crippen LogP contribution is -2.35. The minimum absolute atomic E-state index is 0.178. The van der Waals surface area contributed by atoms with Crippen molar-refractivity contribution in [2.24, 2.45) is 7.05 Å². The molecule has 1 heterocycles. The van der Waals surface area contributed by atoms with Crippen molar-refractivity contribution >= 4 is 5.91 Å². The second-order valence-corrected chi connectivity index (χ2v) is 5.18. The smallest absolute Gasteiger partial charge is 0.252 e. The first-order valence-corrected chi connectivity index (χ1v) is 7.36. The molecule has 6 heteroatoms. The van der Waals surface area contributed by atoms with Crippen LogP contribution in [0.2, 0.25) is 0 Å². The molecule has 1 N–H and O–H groups in total. The van der Waals surface area contributed by atoms with E-state index in [1.54, 1.807) is 19.2 Å². The van der Waals surface area contributed by atoms with Gasteiger partial charge in [0.2, 0.25) is 5.56 Å². The second kappa shape index (κ2) is 7.58. The van der Waals surface area contributed by atoms with Crippen molar-refractivity contribution in [2.45, 2.75) is 19.4 Å². The zero-order valence-electron chi connectivity index (χ0n) is 13.1. The van der Waals surface area contributed by atoms with Crippen LogP contribution in [0.15, 0.2) is 47.4 Å². The number of nitrogens with one attached hydrogen (secondary N) is 1. The molecule has 1 amide bonds. The van der Waals surface area contributed by atoms with Gasteiger partial charge in [-0.3, -0.25) is 9.59 Å². The number of hydrogen-bond donors (Lipinski definition) is 1. The largest absolute Gasteiger partial charge is 0.489 e. The maximum Gasteiger partial charge on any atom is 0.252 e. The van der Waals surface area contributed by atoms with E-state index in [9.17, 15) is 14.0 Å². The lowest BCUT2D eigenvalue weighted by Gasteiger charge is -2.18. The van der Waals surface area contributed by atoms with Crippen molar-refractivity contribution in [3.8, 4) is 5.75 Å². The standard InChI is InChI=1S/C17H19FN2O3/c1-3-14(23-15-6-4-5-13(18)9-15)10-19-17(22)12-7-8-16(21)20(2)11-12/h4-9,11,14H,3,10H2,1-2H3,(H,19,22)/t14-/m1/s1. The van der Waals surface area contributed by atoms with Gasteiger partial charge in [-0.05, 0) is 24.6 Å². The Bertz CT molecular complexity index is 743. The molecule has 1 aromatic heterocycles. The third-order valence-corrected chi connectivity index (χ3v) is 3.39. The number of pyridine rings is 1. The number of benzene rings is 1. The topological polar surface area (TPSA) is 60.3 Å². The zero-order chi connectivity index (χ0) is 16.8. The molecule has 0 fully saturated rings. The van der Waals surface area contributed by atoms with Crippen molar-refractivity contribution in [3.63, 3.8) is 0 Å². The highest BCUT2D eigenvalue weighted by atomic mass is 19.1. The Kier molecular flexibility index (Phi) is 5.51. The SMILES string of the molecule is CC[C@H](CNC(=O)c1ccc(=O)n(C)c1)Oc1cccc(F)c1. The summed E-state index contributed by atoms with van der Waals surface area (Å²) in [5.41, 5.74) is 0.218. The Balaban J connectivity index is 1.95. The Hall–Kier alpha value is -2.63. The Morgan fingerprint density at radius 2 is 2.13 bits per heavy atom. The Labute approximate surface area is 133 Å². The van der Waals surface area contributed by atoms with E-state index in [2.05, 4.69) is 5.32 Å². The Morgan fingerprint density at radius 3 is 2.78 bits per heavy atom. The number of aryl methyl sites for hydroxylation is 1. The highest BCUT2D eigenvalue weighted by Crippen LogP contribution is 2.14. The van der Waals surface area contributed by atoms with Gasteiger partial charge in [0.1, 0.15) is 17.7 Å². The molecule has 0 radical (unpaired) electrons. The fourth-order valence-electron chi connectivity index (χ4n) is 2.04. The van der Waals surface area contributed by atoms with Crippen LogP contribution in [0.5, 0.6) is 5.75 Å². The fraction of sp³-hybridized carbons (Fsp3) is 0.294. The summed E-state index contributed by atoms with van der Waals surface area (Å²) < 4.78 is 20.2. The van der Waals surface area contributed by atoms with E-state index in [-0.39, 0.29) is 29.9 Å². The minimum atomic E-state index is -0.369. The summed E-state index contributed by atoms with van der Waals surface area (Å²) in [7, 11) is 1.58. The van der Waals surface area contributed by atoms with Gasteiger partial charge in [0.25, 0.3) is 5.91 Å². The number of halogens is 1. The highest BCUT2D eigenvalue weighted by molar-refractivity contribution is 5.93. The minimum Gasteiger partial charge on any atom is -0.489 e. The van der Waals surface area contributed by atoms with E-state index in [1.807, 2.05) is 6.92 Å². The van der Waals surface area contributed by atoms with E-state index < -0.39 is 0 Å². The van der Waals surface area contributed by atoms with Crippen LogP contribution in [-0.2, 0) is 7.05 Å². The highest BCUT2D eigenvalue weighted by Gasteiger charge is 2.12. The molecule has 122 valence electrons. The first-order chi connectivity index (χ1) is 11.0. The summed E-state index contributed by atoms with van der Waals surface area (Å²) in [6.45, 7) is 2.21. The Morgan fingerprint density at radius 1 is 1.35 bits per heavy atom. The molecule has 0 aliphatic heterocycles. The average Bonchev–Trinajstić information content (AvgIpc) is 2.53. The second-order valence-electron chi connectivity index (χ2n) is 5.18. The number of rotatable bonds is 6. The van der Waals surface area contributed by atoms with Crippen LogP contribution in [0.3, 0.4) is 0 Å². The van der Waals surface area contributed by atoms with Gasteiger partial charge in [0.15, 0.2) is 0 Å². The van der Waals surface area contributed by atoms with Crippen LogP contribution in [0, 0.1) is 5.82 Å². The monoisotopic (exact) mass is 318 g/mol. The summed E-state index contributed by atoms with van der Waals surface area (Å²) in [4.78, 5) is 23.4. The van der Waals surface area contributed by atoms with Crippen LogP contribution in [-0.4, -0.2) is 23.1 Å². The van der Waals surface area contributed by atoms with Gasteiger partial charge in [0.05, 0.1) is 12.1 Å². The van der Waals surface area contributed by atoms with Crippen molar-refractivity contribution < 1.29 is 13.9 Å². The number of carbonyl (C=O) groups excluding carboxylic acids is 1. The van der Waals surface area contributed by atoms with Gasteiger partial charge < -0.3 is 14.6 Å². The van der Waals surface area contributed by atoms with Crippen LogP contribution in [0.4, 0.5) is 4.39 Å². The van der Waals surface area contributed by atoms with Crippen molar-refractivity contribution in [1.29, 1.82) is 0 Å². The molecule has 23 heavy (non-hydrogen) atoms. The van der Waals surface area contributed by atoms with Gasteiger partial charge in [-0.15, -0.1) is 0 Å². The van der Waals surface area contributed by atoms with Gasteiger partial charge in [0, 0.05) is 25.4 Å². The van der Waals surface area contributed by atoms with Crippen molar-refractivity contribution in [3.05, 3.63) is 64.3 Å². The number of amides is 1. The van der Waals surface area contributed by atoms with E-state index in [4.69, 9.17) is 4.74 Å². The van der Waals surface area contributed by atoms with E-state index >= 15 is 0 Å². The van der Waals surface area contributed by atoms with Crippen molar-refractivity contribution in [2.75, 3.05) is 6.54 Å². The van der Waals surface area contributed by atoms with E-state index in [0.717, 1.165) is 0 Å². The predicted octanol–water partition coefficient (Wildman–Crippen LogP) is 2.11. The first kappa shape index (κ1) is 16.7. The molecule has 0 saturated carbocycles. The van der Waals surface area contributed by atoms with Crippen LogP contribution in [0.25, 0.3) is 0 Å². The molecule has 0 unspecified atom stereocenters. The summed E-state index contributed by atoms with van der Waals surface area (Å²) in [6, 6.07) is 8.70. The fourth-order valence-corrected chi connectivity index (χ4v) is 2.04. The molecule has 5 nitrogen and oxygen atoms in total. The van der Waals surface area contributed by atoms with Gasteiger partial charge in [-0.2, -0.15) is 0 Å². The van der Waals surface area contributed by atoms with Crippen LogP contribution < -0.4 is 15.6 Å². The molecule has 0 bridgehead atoms. The molecule has 0 aliphatic rings. The van der Waals surface area contributed by atoms with Crippen LogP contribution in [0.1, 0.15) is 23.7 Å². The number of ether oxygens (including phenoxy) is 1. The molecular weight excluding hydrogens is 299 g/mol. The number of carbonyl (C=O) groups is 1. The molecule has 2 aromatic rings. The lowest BCUT2D eigenvalue weighted by atomic mass is 10.2. The van der Waals surface area contributed by atoms with E-state index in [0.29, 0.717) is 17.7 Å². The van der Waals surface area contributed by atoms with Gasteiger partial charge >= 0.3 is 0 Å². The summed E-state index contributed by atoms with van der Waals surface area (Å²) in [5, 5.41) is 2.76. The summed E-state index contributed by atoms with van der Waals surface area (Å²) >= 11 is 0. The average molecular weight is 318 g/mol. The molecule has 1 aromatic carbocycles. The van der Waals surface area contributed by atoms with Crippen LogP contribution >= 0.6 is 0 Å². The van der Waals surface area contributed by atoms with E-state index in [1.165, 1.54) is 35.0 Å². The maximum absolute atomic E-state index is 13.1. The summed E-state index contributed by atoms with van der Waals surface area (Å²) in [6.07, 6.45) is 1.86. The lowest BCUT2D eigenvalue weighted by molar-refractivity contribution is 0.0925. The first-order valence-electron chi connectivity index (χ1n) is 7.36.